The first-order valence-electron chi connectivity index (χ1n) is 6.26. The molecule has 1 aliphatic heterocycles. The van der Waals surface area contributed by atoms with Crippen LogP contribution in [0.5, 0.6) is 6.01 Å². The van der Waals surface area contributed by atoms with Crippen molar-refractivity contribution in [3.63, 3.8) is 0 Å². The van der Waals surface area contributed by atoms with Crippen molar-refractivity contribution in [1.82, 2.24) is 15.0 Å². The van der Waals surface area contributed by atoms with Crippen LogP contribution in [0.15, 0.2) is 0 Å². The maximum atomic E-state index is 5.63. The minimum atomic E-state index is 0.172. The summed E-state index contributed by atoms with van der Waals surface area (Å²) in [5.74, 6) is 0.645. The Labute approximate surface area is 106 Å². The van der Waals surface area contributed by atoms with Crippen LogP contribution in [0.2, 0.25) is 0 Å². The summed E-state index contributed by atoms with van der Waals surface area (Å²) < 4.78 is 10.7. The predicted octanol–water partition coefficient (Wildman–Crippen LogP) is 0.833. The molecule has 7 heteroatoms. The van der Waals surface area contributed by atoms with Crippen LogP contribution in [0, 0.1) is 0 Å². The van der Waals surface area contributed by atoms with Gasteiger partial charge in [-0.1, -0.05) is 6.92 Å². The van der Waals surface area contributed by atoms with E-state index < -0.39 is 0 Å². The fourth-order valence-corrected chi connectivity index (χ4v) is 1.72. The van der Waals surface area contributed by atoms with Gasteiger partial charge in [0.2, 0.25) is 11.9 Å². The van der Waals surface area contributed by atoms with Crippen LogP contribution in [0.25, 0.3) is 0 Å². The van der Waals surface area contributed by atoms with Crippen LogP contribution in [0.1, 0.15) is 26.2 Å². The zero-order chi connectivity index (χ0) is 12.8. The maximum absolute atomic E-state index is 5.63. The number of rotatable bonds is 5. The summed E-state index contributed by atoms with van der Waals surface area (Å²) >= 11 is 0. The summed E-state index contributed by atoms with van der Waals surface area (Å²) in [5, 5.41) is 3.24. The molecule has 0 amide bonds. The van der Waals surface area contributed by atoms with E-state index in [4.69, 9.17) is 15.2 Å². The highest BCUT2D eigenvalue weighted by atomic mass is 16.5. The Hall–Kier alpha value is -1.63. The van der Waals surface area contributed by atoms with Gasteiger partial charge in [0.15, 0.2) is 0 Å². The average molecular weight is 253 g/mol. The van der Waals surface area contributed by atoms with Crippen molar-refractivity contribution < 1.29 is 9.47 Å². The molecule has 7 nitrogen and oxygen atoms in total. The molecule has 0 unspecified atom stereocenters. The Morgan fingerprint density at radius 1 is 1.33 bits per heavy atom. The Morgan fingerprint density at radius 2 is 2.11 bits per heavy atom. The third-order valence-electron chi connectivity index (χ3n) is 2.62. The number of anilines is 2. The van der Waals surface area contributed by atoms with Crippen LogP contribution < -0.4 is 15.8 Å². The minimum Gasteiger partial charge on any atom is -0.463 e. The largest absolute Gasteiger partial charge is 0.463 e. The summed E-state index contributed by atoms with van der Waals surface area (Å²) in [6, 6.07) is 0.596. The van der Waals surface area contributed by atoms with Gasteiger partial charge in [0.05, 0.1) is 6.61 Å². The fourth-order valence-electron chi connectivity index (χ4n) is 1.72. The molecule has 0 aliphatic carbocycles. The van der Waals surface area contributed by atoms with Gasteiger partial charge >= 0.3 is 6.01 Å². The number of nitrogens with one attached hydrogen (secondary N) is 1. The van der Waals surface area contributed by atoms with Crippen molar-refractivity contribution in [2.24, 2.45) is 0 Å². The van der Waals surface area contributed by atoms with E-state index in [2.05, 4.69) is 20.3 Å². The predicted molar refractivity (Wildman–Crippen MR) is 67.5 cm³/mol. The molecule has 1 saturated heterocycles. The highest BCUT2D eigenvalue weighted by Gasteiger charge is 2.15. The normalized spacial score (nSPS) is 16.5. The Bertz CT molecular complexity index is 382. The molecule has 0 saturated carbocycles. The summed E-state index contributed by atoms with van der Waals surface area (Å²) in [5.41, 5.74) is 5.63. The number of nitrogens with two attached hydrogens (primary N) is 1. The standard InChI is InChI=1S/C11H19N5O2/c1-2-5-18-11-15-9(12)14-10(16-11)13-8-3-6-17-7-4-8/h8H,2-7H2,1H3,(H3,12,13,14,15,16). The molecule has 1 aromatic rings. The molecule has 1 aromatic heterocycles. The molecule has 3 N–H and O–H groups in total. The van der Waals surface area contributed by atoms with Crippen LogP contribution in [0.4, 0.5) is 11.9 Å². The van der Waals surface area contributed by atoms with E-state index in [1.807, 2.05) is 6.92 Å². The van der Waals surface area contributed by atoms with Crippen molar-refractivity contribution in [1.29, 1.82) is 0 Å². The van der Waals surface area contributed by atoms with Gasteiger partial charge in [-0.2, -0.15) is 15.0 Å². The lowest BCUT2D eigenvalue weighted by molar-refractivity contribution is 0.0903. The summed E-state index contributed by atoms with van der Waals surface area (Å²) in [4.78, 5) is 12.2. The molecule has 2 heterocycles. The van der Waals surface area contributed by atoms with Gasteiger partial charge in [0, 0.05) is 19.3 Å². The van der Waals surface area contributed by atoms with E-state index in [-0.39, 0.29) is 12.0 Å². The van der Waals surface area contributed by atoms with Crippen LogP contribution in [0.3, 0.4) is 0 Å². The van der Waals surface area contributed by atoms with E-state index in [0.717, 1.165) is 32.5 Å². The quantitative estimate of drug-likeness (QED) is 0.802. The molecule has 0 aromatic carbocycles. The number of nitrogens with zero attached hydrogens (tertiary/aromatic N) is 3. The SMILES string of the molecule is CCCOc1nc(N)nc(NC2CCOCC2)n1. The highest BCUT2D eigenvalue weighted by molar-refractivity contribution is 5.33. The molecular weight excluding hydrogens is 234 g/mol. The van der Waals surface area contributed by atoms with Gasteiger partial charge in [-0.3, -0.25) is 0 Å². The van der Waals surface area contributed by atoms with Gasteiger partial charge < -0.3 is 20.5 Å². The number of ether oxygens (including phenoxy) is 2. The first-order chi connectivity index (χ1) is 8.78. The molecule has 18 heavy (non-hydrogen) atoms. The number of hydrogen-bond acceptors (Lipinski definition) is 7. The summed E-state index contributed by atoms with van der Waals surface area (Å²) in [6.07, 6.45) is 2.78. The van der Waals surface area contributed by atoms with Crippen molar-refractivity contribution in [2.75, 3.05) is 30.9 Å². The topological polar surface area (TPSA) is 95.2 Å². The Balaban J connectivity index is 1.99. The average Bonchev–Trinajstić information content (AvgIpc) is 2.37. The Morgan fingerprint density at radius 3 is 2.83 bits per heavy atom. The van der Waals surface area contributed by atoms with E-state index >= 15 is 0 Å². The van der Waals surface area contributed by atoms with Crippen molar-refractivity contribution >= 4 is 11.9 Å². The molecule has 0 radical (unpaired) electrons. The van der Waals surface area contributed by atoms with Crippen molar-refractivity contribution in [2.45, 2.75) is 32.2 Å². The number of hydrogen-bond donors (Lipinski definition) is 2. The second-order valence-electron chi connectivity index (χ2n) is 4.18. The van der Waals surface area contributed by atoms with E-state index in [1.54, 1.807) is 0 Å². The van der Waals surface area contributed by atoms with Gasteiger partial charge in [-0.25, -0.2) is 0 Å². The van der Waals surface area contributed by atoms with E-state index in [1.165, 1.54) is 0 Å². The Kier molecular flexibility index (Phi) is 4.52. The monoisotopic (exact) mass is 253 g/mol. The molecule has 0 bridgehead atoms. The van der Waals surface area contributed by atoms with Crippen molar-refractivity contribution in [3.05, 3.63) is 0 Å². The summed E-state index contributed by atoms with van der Waals surface area (Å²) in [7, 11) is 0. The zero-order valence-corrected chi connectivity index (χ0v) is 10.6. The lowest BCUT2D eigenvalue weighted by Gasteiger charge is -2.23. The third kappa shape index (κ3) is 3.69. The number of nitrogen functional groups attached to an aromatic ring is 1. The van der Waals surface area contributed by atoms with Crippen molar-refractivity contribution in [3.8, 4) is 6.01 Å². The van der Waals surface area contributed by atoms with Gasteiger partial charge in [-0.05, 0) is 19.3 Å². The van der Waals surface area contributed by atoms with E-state index in [0.29, 0.717) is 18.6 Å². The first-order valence-corrected chi connectivity index (χ1v) is 6.26. The summed E-state index contributed by atoms with van der Waals surface area (Å²) in [6.45, 7) is 4.11. The molecule has 2 rings (SSSR count). The van der Waals surface area contributed by atoms with Crippen LogP contribution in [-0.2, 0) is 4.74 Å². The molecule has 100 valence electrons. The van der Waals surface area contributed by atoms with Crippen LogP contribution in [-0.4, -0.2) is 40.8 Å². The van der Waals surface area contributed by atoms with Gasteiger partial charge in [0.1, 0.15) is 0 Å². The molecule has 1 fully saturated rings. The lowest BCUT2D eigenvalue weighted by Crippen LogP contribution is -2.29. The van der Waals surface area contributed by atoms with Gasteiger partial charge in [-0.15, -0.1) is 0 Å². The molecule has 0 atom stereocenters. The second kappa shape index (κ2) is 6.34. The molecule has 0 spiro atoms. The third-order valence-corrected chi connectivity index (χ3v) is 2.62. The fraction of sp³-hybridized carbons (Fsp3) is 0.727. The zero-order valence-electron chi connectivity index (χ0n) is 10.6. The second-order valence-corrected chi connectivity index (χ2v) is 4.18. The molecule has 1 aliphatic rings. The number of aromatic nitrogens is 3. The van der Waals surface area contributed by atoms with Crippen LogP contribution >= 0.6 is 0 Å². The van der Waals surface area contributed by atoms with E-state index in [9.17, 15) is 0 Å². The maximum Gasteiger partial charge on any atom is 0.323 e. The minimum absolute atomic E-state index is 0.172. The van der Waals surface area contributed by atoms with Gasteiger partial charge in [0.25, 0.3) is 0 Å². The highest BCUT2D eigenvalue weighted by Crippen LogP contribution is 2.14. The molecular formula is C11H19N5O2. The first kappa shape index (κ1) is 12.8. The lowest BCUT2D eigenvalue weighted by atomic mass is 10.1. The smallest absolute Gasteiger partial charge is 0.323 e.